The van der Waals surface area contributed by atoms with E-state index >= 15 is 0 Å². The molecule has 0 spiro atoms. The molecule has 1 aliphatic carbocycles. The van der Waals surface area contributed by atoms with Crippen LogP contribution < -0.4 is 5.73 Å². The molecule has 1 aromatic rings. The Balaban J connectivity index is 2.32. The van der Waals surface area contributed by atoms with Gasteiger partial charge in [-0.1, -0.05) is 19.8 Å². The zero-order valence-electron chi connectivity index (χ0n) is 10.7. The van der Waals surface area contributed by atoms with Crippen molar-refractivity contribution in [1.29, 1.82) is 0 Å². The van der Waals surface area contributed by atoms with Gasteiger partial charge in [-0.05, 0) is 38.7 Å². The van der Waals surface area contributed by atoms with Crippen molar-refractivity contribution in [3.05, 3.63) is 17.0 Å². The van der Waals surface area contributed by atoms with Gasteiger partial charge in [0.1, 0.15) is 0 Å². The topological polar surface area (TPSA) is 43.8 Å². The van der Waals surface area contributed by atoms with Gasteiger partial charge in [0.2, 0.25) is 0 Å². The van der Waals surface area contributed by atoms with Crippen molar-refractivity contribution in [2.45, 2.75) is 65.0 Å². The first kappa shape index (κ1) is 11.6. The lowest BCUT2D eigenvalue weighted by Gasteiger charge is -2.29. The first-order chi connectivity index (χ1) is 7.65. The summed E-state index contributed by atoms with van der Waals surface area (Å²) in [4.78, 5) is 0. The standard InChI is InChI=1S/C13H23N3/c1-4-11-9(2)15-16(10(11)3)13-8-6-5-7-12(13)14/h12-13H,4-8,14H2,1-3H3. The smallest absolute Gasteiger partial charge is 0.0673 e. The molecule has 1 fully saturated rings. The van der Waals surface area contributed by atoms with E-state index in [0.717, 1.165) is 12.8 Å². The summed E-state index contributed by atoms with van der Waals surface area (Å²) >= 11 is 0. The molecular weight excluding hydrogens is 198 g/mol. The molecular formula is C13H23N3. The van der Waals surface area contributed by atoms with Crippen LogP contribution in [-0.2, 0) is 6.42 Å². The van der Waals surface area contributed by atoms with Crippen molar-refractivity contribution in [2.24, 2.45) is 5.73 Å². The zero-order valence-corrected chi connectivity index (χ0v) is 10.7. The highest BCUT2D eigenvalue weighted by molar-refractivity contribution is 5.25. The quantitative estimate of drug-likeness (QED) is 0.834. The second-order valence-electron chi connectivity index (χ2n) is 4.96. The van der Waals surface area contributed by atoms with Gasteiger partial charge in [0, 0.05) is 11.7 Å². The maximum atomic E-state index is 6.22. The number of nitrogens with two attached hydrogens (primary N) is 1. The molecule has 0 amide bonds. The fraction of sp³-hybridized carbons (Fsp3) is 0.769. The van der Waals surface area contributed by atoms with Crippen LogP contribution in [0.4, 0.5) is 0 Å². The third-order valence-electron chi connectivity index (χ3n) is 3.92. The predicted octanol–water partition coefficient (Wildman–Crippen LogP) is 2.50. The molecule has 0 bridgehead atoms. The Morgan fingerprint density at radius 2 is 2.00 bits per heavy atom. The van der Waals surface area contributed by atoms with E-state index in [9.17, 15) is 0 Å². The summed E-state index contributed by atoms with van der Waals surface area (Å²) in [6, 6.07) is 0.712. The minimum atomic E-state index is 0.288. The van der Waals surface area contributed by atoms with Crippen LogP contribution in [0.5, 0.6) is 0 Å². The Hall–Kier alpha value is -0.830. The molecule has 2 unspecified atom stereocenters. The van der Waals surface area contributed by atoms with Crippen molar-refractivity contribution in [3.8, 4) is 0 Å². The van der Waals surface area contributed by atoms with Crippen LogP contribution in [0.15, 0.2) is 0 Å². The third kappa shape index (κ3) is 1.88. The maximum absolute atomic E-state index is 6.22. The lowest BCUT2D eigenvalue weighted by atomic mass is 9.91. The molecule has 2 rings (SSSR count). The van der Waals surface area contributed by atoms with E-state index in [1.54, 1.807) is 0 Å². The summed E-state index contributed by atoms with van der Waals surface area (Å²) < 4.78 is 2.19. The molecule has 3 nitrogen and oxygen atoms in total. The van der Waals surface area contributed by atoms with E-state index in [1.165, 1.54) is 36.2 Å². The predicted molar refractivity (Wildman–Crippen MR) is 66.6 cm³/mol. The van der Waals surface area contributed by atoms with Crippen molar-refractivity contribution in [2.75, 3.05) is 0 Å². The molecule has 16 heavy (non-hydrogen) atoms. The average molecular weight is 221 g/mol. The minimum absolute atomic E-state index is 0.288. The van der Waals surface area contributed by atoms with Crippen molar-refractivity contribution in [3.63, 3.8) is 0 Å². The van der Waals surface area contributed by atoms with Gasteiger partial charge in [-0.25, -0.2) is 0 Å². The molecule has 0 saturated heterocycles. The van der Waals surface area contributed by atoms with Gasteiger partial charge >= 0.3 is 0 Å². The Morgan fingerprint density at radius 1 is 1.31 bits per heavy atom. The normalized spacial score (nSPS) is 26.0. The molecule has 90 valence electrons. The molecule has 1 saturated carbocycles. The molecule has 0 aliphatic heterocycles. The largest absolute Gasteiger partial charge is 0.326 e. The van der Waals surface area contributed by atoms with Gasteiger partial charge < -0.3 is 5.73 Å². The Labute approximate surface area is 98.0 Å². The fourth-order valence-electron chi connectivity index (χ4n) is 2.98. The lowest BCUT2D eigenvalue weighted by molar-refractivity contribution is 0.282. The number of hydrogen-bond donors (Lipinski definition) is 1. The number of aromatic nitrogens is 2. The van der Waals surface area contributed by atoms with Crippen molar-refractivity contribution >= 4 is 0 Å². The first-order valence-electron chi connectivity index (χ1n) is 6.45. The van der Waals surface area contributed by atoms with Crippen molar-refractivity contribution < 1.29 is 0 Å². The van der Waals surface area contributed by atoms with Crippen LogP contribution in [-0.4, -0.2) is 15.8 Å². The Bertz CT molecular complexity index is 367. The van der Waals surface area contributed by atoms with Crippen LogP contribution in [0, 0.1) is 13.8 Å². The van der Waals surface area contributed by atoms with E-state index in [4.69, 9.17) is 10.8 Å². The number of nitrogens with zero attached hydrogens (tertiary/aromatic N) is 2. The van der Waals surface area contributed by atoms with Crippen molar-refractivity contribution in [1.82, 2.24) is 9.78 Å². The molecule has 0 radical (unpaired) electrons. The maximum Gasteiger partial charge on any atom is 0.0673 e. The Morgan fingerprint density at radius 3 is 2.56 bits per heavy atom. The van der Waals surface area contributed by atoms with E-state index in [0.29, 0.717) is 6.04 Å². The van der Waals surface area contributed by atoms with E-state index in [2.05, 4.69) is 25.5 Å². The SMILES string of the molecule is CCc1c(C)nn(C2CCCCC2N)c1C. The zero-order chi connectivity index (χ0) is 11.7. The van der Waals surface area contributed by atoms with Crippen LogP contribution >= 0.6 is 0 Å². The van der Waals surface area contributed by atoms with Gasteiger partial charge in [-0.15, -0.1) is 0 Å². The molecule has 3 heteroatoms. The lowest BCUT2D eigenvalue weighted by Crippen LogP contribution is -2.36. The van der Waals surface area contributed by atoms with E-state index in [1.807, 2.05) is 0 Å². The summed E-state index contributed by atoms with van der Waals surface area (Å²) in [6.45, 7) is 6.49. The molecule has 1 aromatic heterocycles. The highest BCUT2D eigenvalue weighted by atomic mass is 15.3. The fourth-order valence-corrected chi connectivity index (χ4v) is 2.98. The van der Waals surface area contributed by atoms with Crippen LogP contribution in [0.1, 0.15) is 55.6 Å². The van der Waals surface area contributed by atoms with Gasteiger partial charge in [0.05, 0.1) is 11.7 Å². The second kappa shape index (κ2) is 4.58. The van der Waals surface area contributed by atoms with Gasteiger partial charge in [0.15, 0.2) is 0 Å². The van der Waals surface area contributed by atoms with Crippen LogP contribution in [0.25, 0.3) is 0 Å². The highest BCUT2D eigenvalue weighted by Gasteiger charge is 2.26. The summed E-state index contributed by atoms with van der Waals surface area (Å²) in [7, 11) is 0. The molecule has 1 heterocycles. The van der Waals surface area contributed by atoms with E-state index < -0.39 is 0 Å². The summed E-state index contributed by atoms with van der Waals surface area (Å²) in [5.74, 6) is 0. The van der Waals surface area contributed by atoms with Gasteiger partial charge in [-0.2, -0.15) is 5.10 Å². The minimum Gasteiger partial charge on any atom is -0.326 e. The van der Waals surface area contributed by atoms with Crippen LogP contribution in [0.3, 0.4) is 0 Å². The van der Waals surface area contributed by atoms with E-state index in [-0.39, 0.29) is 6.04 Å². The molecule has 2 atom stereocenters. The summed E-state index contributed by atoms with van der Waals surface area (Å²) in [6.07, 6.45) is 5.96. The van der Waals surface area contributed by atoms with Crippen LogP contribution in [0.2, 0.25) is 0 Å². The molecule has 0 aromatic carbocycles. The van der Waals surface area contributed by atoms with Gasteiger partial charge in [-0.3, -0.25) is 4.68 Å². The number of aryl methyl sites for hydroxylation is 1. The monoisotopic (exact) mass is 221 g/mol. The highest BCUT2D eigenvalue weighted by Crippen LogP contribution is 2.29. The number of rotatable bonds is 2. The first-order valence-corrected chi connectivity index (χ1v) is 6.45. The third-order valence-corrected chi connectivity index (χ3v) is 3.92. The summed E-state index contributed by atoms with van der Waals surface area (Å²) in [5, 5.41) is 4.69. The van der Waals surface area contributed by atoms with Gasteiger partial charge in [0.25, 0.3) is 0 Å². The second-order valence-corrected chi connectivity index (χ2v) is 4.96. The summed E-state index contributed by atoms with van der Waals surface area (Å²) in [5.41, 5.74) is 10.1. The Kier molecular flexibility index (Phi) is 3.33. The number of hydrogen-bond acceptors (Lipinski definition) is 2. The molecule has 1 aliphatic rings. The molecule has 2 N–H and O–H groups in total. The average Bonchev–Trinajstić information content (AvgIpc) is 2.55.